The van der Waals surface area contributed by atoms with E-state index in [4.69, 9.17) is 0 Å². The van der Waals surface area contributed by atoms with Gasteiger partial charge in [0, 0.05) is 30.4 Å². The first-order valence-electron chi connectivity index (χ1n) is 10.1. The van der Waals surface area contributed by atoms with Crippen LogP contribution in [-0.4, -0.2) is 25.9 Å². The Hall–Kier alpha value is -4.18. The topological polar surface area (TPSA) is 79.7 Å². The van der Waals surface area contributed by atoms with Crippen molar-refractivity contribution in [3.05, 3.63) is 94.4 Å². The molecule has 0 bridgehead atoms. The molecular formula is C24H20N6O. The molecule has 7 heteroatoms. The van der Waals surface area contributed by atoms with E-state index in [1.54, 1.807) is 22.9 Å². The number of anilines is 2. The molecule has 7 nitrogen and oxygen atoms in total. The second kappa shape index (κ2) is 7.26. The molecule has 5 rings (SSSR count). The van der Waals surface area contributed by atoms with Crippen molar-refractivity contribution in [3.8, 4) is 17.4 Å². The lowest BCUT2D eigenvalue weighted by Gasteiger charge is -2.27. The van der Waals surface area contributed by atoms with Gasteiger partial charge in [0.05, 0.1) is 28.7 Å². The van der Waals surface area contributed by atoms with E-state index in [0.29, 0.717) is 12.1 Å². The minimum Gasteiger partial charge on any atom is -0.339 e. The van der Waals surface area contributed by atoms with Crippen LogP contribution in [0, 0.1) is 18.3 Å². The molecule has 0 saturated carbocycles. The number of aromatic nitrogens is 4. The molecule has 0 radical (unpaired) electrons. The van der Waals surface area contributed by atoms with Crippen molar-refractivity contribution < 1.29 is 0 Å². The number of pyridine rings is 1. The van der Waals surface area contributed by atoms with E-state index in [2.05, 4.69) is 32.7 Å². The molecule has 0 amide bonds. The Labute approximate surface area is 179 Å². The number of rotatable bonds is 2. The highest BCUT2D eigenvalue weighted by molar-refractivity contribution is 5.75. The maximum Gasteiger partial charge on any atom is 0.255 e. The number of hydrogen-bond donors (Lipinski definition) is 0. The summed E-state index contributed by atoms with van der Waals surface area (Å²) in [5.41, 5.74) is 4.19. The molecule has 1 atom stereocenters. The van der Waals surface area contributed by atoms with Gasteiger partial charge in [-0.1, -0.05) is 13.0 Å². The van der Waals surface area contributed by atoms with E-state index in [1.165, 1.54) is 0 Å². The summed E-state index contributed by atoms with van der Waals surface area (Å²) in [4.78, 5) is 14.6. The number of fused-ring (bicyclic) bond motifs is 3. The fraction of sp³-hybridized carbons (Fsp3) is 0.167. The molecule has 0 N–H and O–H groups in total. The summed E-state index contributed by atoms with van der Waals surface area (Å²) < 4.78 is 3.71. The second-order valence-electron chi connectivity index (χ2n) is 7.69. The number of nitriles is 1. The third-order valence-electron chi connectivity index (χ3n) is 5.65. The molecular weight excluding hydrogens is 388 g/mol. The van der Waals surface area contributed by atoms with Crippen LogP contribution in [0.1, 0.15) is 30.1 Å². The van der Waals surface area contributed by atoms with Crippen molar-refractivity contribution in [2.75, 3.05) is 11.4 Å². The Balaban J connectivity index is 1.75. The van der Waals surface area contributed by atoms with Gasteiger partial charge in [0.1, 0.15) is 11.6 Å². The van der Waals surface area contributed by atoms with Crippen molar-refractivity contribution in [2.45, 2.75) is 19.8 Å². The lowest BCUT2D eigenvalue weighted by molar-refractivity contribution is 0.696. The fourth-order valence-corrected chi connectivity index (χ4v) is 4.12. The minimum absolute atomic E-state index is 0.0875. The minimum atomic E-state index is -0.0875. The molecule has 0 unspecified atom stereocenters. The maximum atomic E-state index is 12.4. The molecule has 152 valence electrons. The highest BCUT2D eigenvalue weighted by Crippen LogP contribution is 2.39. The first-order chi connectivity index (χ1) is 15.1. The number of hydrogen-bond acceptors (Lipinski definition) is 5. The third kappa shape index (κ3) is 3.09. The molecule has 2 aromatic carbocycles. The van der Waals surface area contributed by atoms with Gasteiger partial charge >= 0.3 is 0 Å². The molecule has 1 aliphatic rings. The van der Waals surface area contributed by atoms with Crippen LogP contribution in [0.25, 0.3) is 11.4 Å². The lowest BCUT2D eigenvalue weighted by Crippen LogP contribution is -2.22. The Morgan fingerprint density at radius 3 is 2.52 bits per heavy atom. The molecule has 0 aliphatic carbocycles. The maximum absolute atomic E-state index is 12.4. The second-order valence-corrected chi connectivity index (χ2v) is 7.69. The van der Waals surface area contributed by atoms with Crippen molar-refractivity contribution >= 4 is 11.4 Å². The van der Waals surface area contributed by atoms with Gasteiger partial charge in [-0.15, -0.1) is 10.2 Å². The first kappa shape index (κ1) is 18.8. The van der Waals surface area contributed by atoms with Gasteiger partial charge in [-0.2, -0.15) is 5.26 Å². The standard InChI is InChI=1S/C24H20N6O/c1-16-15-29(19-8-6-18(14-25)7-9-19)22-13-20(28-12-4-3-5-23(28)31)10-11-21(22)30-17(2)26-27-24(16)30/h3-13,16H,15H2,1-2H3/t16-/m1/s1. The van der Waals surface area contributed by atoms with Crippen molar-refractivity contribution in [2.24, 2.45) is 0 Å². The summed E-state index contributed by atoms with van der Waals surface area (Å²) >= 11 is 0. The van der Waals surface area contributed by atoms with Gasteiger partial charge in [0.15, 0.2) is 0 Å². The average Bonchev–Trinajstić information content (AvgIpc) is 3.13. The van der Waals surface area contributed by atoms with Crippen LogP contribution in [0.2, 0.25) is 0 Å². The molecule has 0 fully saturated rings. The predicted octanol–water partition coefficient (Wildman–Crippen LogP) is 3.85. The van der Waals surface area contributed by atoms with Gasteiger partial charge < -0.3 is 4.90 Å². The Bertz CT molecular complexity index is 1380. The van der Waals surface area contributed by atoms with Gasteiger partial charge in [-0.3, -0.25) is 13.9 Å². The van der Waals surface area contributed by atoms with E-state index in [-0.39, 0.29) is 11.5 Å². The van der Waals surface area contributed by atoms with Crippen molar-refractivity contribution in [1.82, 2.24) is 19.3 Å². The summed E-state index contributed by atoms with van der Waals surface area (Å²) in [6, 6.07) is 20.8. The van der Waals surface area contributed by atoms with E-state index in [0.717, 1.165) is 34.4 Å². The molecule has 4 aromatic rings. The van der Waals surface area contributed by atoms with Crippen molar-refractivity contribution in [3.63, 3.8) is 0 Å². The zero-order valence-corrected chi connectivity index (χ0v) is 17.2. The summed E-state index contributed by atoms with van der Waals surface area (Å²) in [5, 5.41) is 17.9. The zero-order chi connectivity index (χ0) is 21.5. The smallest absolute Gasteiger partial charge is 0.255 e. The summed E-state index contributed by atoms with van der Waals surface area (Å²) in [7, 11) is 0. The van der Waals surface area contributed by atoms with Gasteiger partial charge in [-0.25, -0.2) is 0 Å². The van der Waals surface area contributed by atoms with Gasteiger partial charge in [0.2, 0.25) is 0 Å². The molecule has 31 heavy (non-hydrogen) atoms. The SMILES string of the molecule is Cc1nnc2n1-c1ccc(-n3ccccc3=O)cc1N(c1ccc(C#N)cc1)C[C@H]2C. The molecule has 1 aliphatic heterocycles. The largest absolute Gasteiger partial charge is 0.339 e. The lowest BCUT2D eigenvalue weighted by atomic mass is 10.1. The number of aryl methyl sites for hydroxylation is 1. The highest BCUT2D eigenvalue weighted by atomic mass is 16.1. The summed E-state index contributed by atoms with van der Waals surface area (Å²) in [5.74, 6) is 1.83. The molecule has 3 heterocycles. The molecule has 0 saturated heterocycles. The van der Waals surface area contributed by atoms with Crippen LogP contribution >= 0.6 is 0 Å². The van der Waals surface area contributed by atoms with Crippen LogP contribution in [0.15, 0.2) is 71.7 Å². The molecule has 0 spiro atoms. The van der Waals surface area contributed by atoms with Crippen LogP contribution in [0.4, 0.5) is 11.4 Å². The Morgan fingerprint density at radius 2 is 1.77 bits per heavy atom. The third-order valence-corrected chi connectivity index (χ3v) is 5.65. The van der Waals surface area contributed by atoms with Crippen LogP contribution in [0.5, 0.6) is 0 Å². The van der Waals surface area contributed by atoms with Crippen LogP contribution in [0.3, 0.4) is 0 Å². The average molecular weight is 408 g/mol. The van der Waals surface area contributed by atoms with E-state index in [9.17, 15) is 10.1 Å². The van der Waals surface area contributed by atoms with E-state index < -0.39 is 0 Å². The Morgan fingerprint density at radius 1 is 1.00 bits per heavy atom. The highest BCUT2D eigenvalue weighted by Gasteiger charge is 2.28. The first-order valence-corrected chi connectivity index (χ1v) is 10.1. The number of benzene rings is 2. The van der Waals surface area contributed by atoms with Crippen LogP contribution in [-0.2, 0) is 0 Å². The summed E-state index contributed by atoms with van der Waals surface area (Å²) in [6.45, 7) is 4.76. The quantitative estimate of drug-likeness (QED) is 0.503. The fourth-order valence-electron chi connectivity index (χ4n) is 4.12. The van der Waals surface area contributed by atoms with E-state index >= 15 is 0 Å². The normalized spacial score (nSPS) is 15.0. The van der Waals surface area contributed by atoms with Gasteiger partial charge in [-0.05, 0) is 55.5 Å². The Kier molecular flexibility index (Phi) is 4.41. The molecule has 2 aromatic heterocycles. The number of nitrogens with zero attached hydrogens (tertiary/aromatic N) is 6. The zero-order valence-electron chi connectivity index (χ0n) is 17.2. The van der Waals surface area contributed by atoms with Gasteiger partial charge in [0.25, 0.3) is 5.56 Å². The van der Waals surface area contributed by atoms with Crippen molar-refractivity contribution in [1.29, 1.82) is 5.26 Å². The monoisotopic (exact) mass is 408 g/mol. The van der Waals surface area contributed by atoms with Crippen LogP contribution < -0.4 is 10.5 Å². The predicted molar refractivity (Wildman–Crippen MR) is 118 cm³/mol. The summed E-state index contributed by atoms with van der Waals surface area (Å²) in [6.07, 6.45) is 1.77. The van der Waals surface area contributed by atoms with E-state index in [1.807, 2.05) is 55.5 Å².